The number of nitrogens with one attached hydrogen (secondary N) is 2. The molecular formula is C26H33N3O. The molecule has 0 unspecified atom stereocenters. The van der Waals surface area contributed by atoms with Crippen LogP contribution in [0.1, 0.15) is 56.6 Å². The highest BCUT2D eigenvalue weighted by Crippen LogP contribution is 2.32. The molecule has 2 fully saturated rings. The van der Waals surface area contributed by atoms with Crippen LogP contribution in [0.15, 0.2) is 66.7 Å². The highest BCUT2D eigenvalue weighted by molar-refractivity contribution is 5.59. The van der Waals surface area contributed by atoms with Gasteiger partial charge in [0.05, 0.1) is 5.69 Å². The molecule has 0 radical (unpaired) electrons. The van der Waals surface area contributed by atoms with Gasteiger partial charge in [-0.3, -0.25) is 5.10 Å². The van der Waals surface area contributed by atoms with Crippen molar-refractivity contribution in [2.45, 2.75) is 57.0 Å². The van der Waals surface area contributed by atoms with Crippen LogP contribution >= 0.6 is 0 Å². The lowest BCUT2D eigenvalue weighted by atomic mass is 9.87. The van der Waals surface area contributed by atoms with Gasteiger partial charge in [0.1, 0.15) is 11.9 Å². The highest BCUT2D eigenvalue weighted by atomic mass is 16.5. The number of aromatic amines is 1. The van der Waals surface area contributed by atoms with E-state index in [9.17, 15) is 0 Å². The first-order valence-electron chi connectivity index (χ1n) is 11.4. The normalized spacial score (nSPS) is 17.7. The Morgan fingerprint density at radius 2 is 1.43 bits per heavy atom. The van der Waals surface area contributed by atoms with Gasteiger partial charge in [-0.1, -0.05) is 67.8 Å². The topological polar surface area (TPSA) is 49.9 Å². The summed E-state index contributed by atoms with van der Waals surface area (Å²) in [6.07, 6.45) is 9.41. The van der Waals surface area contributed by atoms with Gasteiger partial charge in [-0.2, -0.15) is 5.10 Å². The molecule has 1 aliphatic heterocycles. The van der Waals surface area contributed by atoms with Crippen molar-refractivity contribution < 1.29 is 4.74 Å². The predicted octanol–water partition coefficient (Wildman–Crippen LogP) is 5.94. The number of piperidine rings is 1. The van der Waals surface area contributed by atoms with Crippen LogP contribution in [0.2, 0.25) is 0 Å². The first-order valence-corrected chi connectivity index (χ1v) is 11.4. The summed E-state index contributed by atoms with van der Waals surface area (Å²) in [4.78, 5) is 0. The van der Waals surface area contributed by atoms with Crippen molar-refractivity contribution in [2.75, 3.05) is 13.1 Å². The van der Waals surface area contributed by atoms with Crippen LogP contribution in [0, 0.1) is 0 Å². The molecule has 1 saturated heterocycles. The maximum atomic E-state index is 5.82. The average Bonchev–Trinajstić information content (AvgIpc) is 3.33. The highest BCUT2D eigenvalue weighted by Gasteiger charge is 2.18. The summed E-state index contributed by atoms with van der Waals surface area (Å²) in [5.74, 6) is 1.70. The van der Waals surface area contributed by atoms with Crippen LogP contribution in [0.25, 0.3) is 11.3 Å². The molecule has 0 bridgehead atoms. The fourth-order valence-corrected chi connectivity index (χ4v) is 4.32. The van der Waals surface area contributed by atoms with Gasteiger partial charge in [0.15, 0.2) is 0 Å². The third-order valence-electron chi connectivity index (χ3n) is 6.04. The van der Waals surface area contributed by atoms with Crippen molar-refractivity contribution in [1.29, 1.82) is 0 Å². The van der Waals surface area contributed by atoms with Crippen molar-refractivity contribution in [3.63, 3.8) is 0 Å². The number of ether oxygens (including phenoxy) is 1. The Morgan fingerprint density at radius 3 is 2.13 bits per heavy atom. The molecule has 0 spiro atoms. The van der Waals surface area contributed by atoms with Crippen LogP contribution in [0.5, 0.6) is 5.75 Å². The smallest absolute Gasteiger partial charge is 0.119 e. The van der Waals surface area contributed by atoms with Crippen molar-refractivity contribution in [3.8, 4) is 17.0 Å². The van der Waals surface area contributed by atoms with Gasteiger partial charge >= 0.3 is 0 Å². The third-order valence-corrected chi connectivity index (χ3v) is 6.04. The molecule has 1 saturated carbocycles. The number of H-pyrrole nitrogens is 1. The van der Waals surface area contributed by atoms with Gasteiger partial charge in [-0.15, -0.1) is 0 Å². The van der Waals surface area contributed by atoms with E-state index in [2.05, 4.69) is 45.8 Å². The number of hydrogen-bond donors (Lipinski definition) is 2. The van der Waals surface area contributed by atoms with Gasteiger partial charge < -0.3 is 10.1 Å². The zero-order valence-corrected chi connectivity index (χ0v) is 17.7. The summed E-state index contributed by atoms with van der Waals surface area (Å²) in [5, 5.41) is 11.0. The zero-order chi connectivity index (χ0) is 20.4. The SMILES string of the molecule is c1ccc(-c2cc(C3CCCCC3)[nH]n2)cc1.c1ccc(OC2CCNCC2)cc1. The number of aromatic nitrogens is 2. The second kappa shape index (κ2) is 11.0. The third kappa shape index (κ3) is 5.96. The molecular weight excluding hydrogens is 370 g/mol. The quantitative estimate of drug-likeness (QED) is 0.567. The summed E-state index contributed by atoms with van der Waals surface area (Å²) in [6.45, 7) is 2.16. The fourth-order valence-electron chi connectivity index (χ4n) is 4.32. The van der Waals surface area contributed by atoms with Gasteiger partial charge in [0.25, 0.3) is 0 Å². The summed E-state index contributed by atoms with van der Waals surface area (Å²) >= 11 is 0. The maximum absolute atomic E-state index is 5.82. The maximum Gasteiger partial charge on any atom is 0.119 e. The minimum Gasteiger partial charge on any atom is -0.490 e. The molecule has 0 atom stereocenters. The summed E-state index contributed by atoms with van der Waals surface area (Å²) in [6, 6.07) is 22.7. The standard InChI is InChI=1S/C15H18N2.C11H15NO/c1-3-7-12(8-4-1)14-11-15(17-16-14)13-9-5-2-6-10-13;1-2-4-10(5-3-1)13-11-6-8-12-9-7-11/h1,3-4,7-8,11,13H,2,5-6,9-10H2,(H,16,17);1-5,11-12H,6-9H2. The van der Waals surface area contributed by atoms with Gasteiger partial charge in [0.2, 0.25) is 0 Å². The minimum absolute atomic E-state index is 0.406. The van der Waals surface area contributed by atoms with Gasteiger partial charge in [-0.25, -0.2) is 0 Å². The van der Waals surface area contributed by atoms with E-state index in [0.717, 1.165) is 37.4 Å². The molecule has 2 aromatic carbocycles. The van der Waals surface area contributed by atoms with Crippen LogP contribution < -0.4 is 10.1 Å². The number of para-hydroxylation sites is 1. The lowest BCUT2D eigenvalue weighted by Crippen LogP contribution is -2.34. The Labute approximate surface area is 180 Å². The van der Waals surface area contributed by atoms with E-state index in [0.29, 0.717) is 12.0 Å². The molecule has 0 amide bonds. The van der Waals surface area contributed by atoms with E-state index in [4.69, 9.17) is 4.74 Å². The molecule has 2 N–H and O–H groups in total. The van der Waals surface area contributed by atoms with E-state index in [1.165, 1.54) is 43.4 Å². The largest absolute Gasteiger partial charge is 0.490 e. The van der Waals surface area contributed by atoms with Crippen LogP contribution in [0.4, 0.5) is 0 Å². The van der Waals surface area contributed by atoms with Crippen LogP contribution in [-0.2, 0) is 0 Å². The van der Waals surface area contributed by atoms with Crippen molar-refractivity contribution in [2.24, 2.45) is 0 Å². The fraction of sp³-hybridized carbons (Fsp3) is 0.423. The number of benzene rings is 2. The van der Waals surface area contributed by atoms with E-state index in [1.54, 1.807) is 0 Å². The second-order valence-electron chi connectivity index (χ2n) is 8.29. The first-order chi connectivity index (χ1) is 14.9. The Hall–Kier alpha value is -2.59. The van der Waals surface area contributed by atoms with E-state index >= 15 is 0 Å². The molecule has 2 aliphatic rings. The molecule has 1 aliphatic carbocycles. The molecule has 4 heteroatoms. The number of nitrogens with zero attached hydrogens (tertiary/aromatic N) is 1. The summed E-state index contributed by atoms with van der Waals surface area (Å²) in [5.41, 5.74) is 3.60. The first kappa shape index (κ1) is 20.7. The van der Waals surface area contributed by atoms with Crippen LogP contribution in [0.3, 0.4) is 0 Å². The van der Waals surface area contributed by atoms with Crippen molar-refractivity contribution >= 4 is 0 Å². The van der Waals surface area contributed by atoms with Crippen molar-refractivity contribution in [1.82, 2.24) is 15.5 Å². The monoisotopic (exact) mass is 403 g/mol. The average molecular weight is 404 g/mol. The predicted molar refractivity (Wildman–Crippen MR) is 123 cm³/mol. The van der Waals surface area contributed by atoms with Crippen LogP contribution in [-0.4, -0.2) is 29.4 Å². The Morgan fingerprint density at radius 1 is 0.767 bits per heavy atom. The van der Waals surface area contributed by atoms with Gasteiger partial charge in [0, 0.05) is 17.2 Å². The Balaban J connectivity index is 0.000000151. The Bertz CT molecular complexity index is 850. The number of rotatable bonds is 4. The molecule has 4 nitrogen and oxygen atoms in total. The molecule has 5 rings (SSSR count). The Kier molecular flexibility index (Phi) is 7.57. The second-order valence-corrected chi connectivity index (χ2v) is 8.29. The van der Waals surface area contributed by atoms with E-state index in [-0.39, 0.29) is 0 Å². The molecule has 30 heavy (non-hydrogen) atoms. The van der Waals surface area contributed by atoms with E-state index in [1.807, 2.05) is 36.4 Å². The minimum atomic E-state index is 0.406. The van der Waals surface area contributed by atoms with E-state index < -0.39 is 0 Å². The number of hydrogen-bond acceptors (Lipinski definition) is 3. The zero-order valence-electron chi connectivity index (χ0n) is 17.7. The van der Waals surface area contributed by atoms with Gasteiger partial charge in [-0.05, 0) is 57.0 Å². The van der Waals surface area contributed by atoms with Crippen molar-refractivity contribution in [3.05, 3.63) is 72.4 Å². The summed E-state index contributed by atoms with van der Waals surface area (Å²) < 4.78 is 5.82. The molecule has 3 aromatic rings. The lowest BCUT2D eigenvalue weighted by molar-refractivity contribution is 0.162. The lowest BCUT2D eigenvalue weighted by Gasteiger charge is -2.23. The molecule has 158 valence electrons. The summed E-state index contributed by atoms with van der Waals surface area (Å²) in [7, 11) is 0. The molecule has 2 heterocycles. The molecule has 1 aromatic heterocycles.